The van der Waals surface area contributed by atoms with Gasteiger partial charge in [0.05, 0.1) is 11.4 Å². The maximum Gasteiger partial charge on any atom is 0.332 e. The second-order valence-corrected chi connectivity index (χ2v) is 11.4. The van der Waals surface area contributed by atoms with Crippen LogP contribution in [0.1, 0.15) is 52.7 Å². The van der Waals surface area contributed by atoms with Crippen molar-refractivity contribution in [2.24, 2.45) is 0 Å². The summed E-state index contributed by atoms with van der Waals surface area (Å²) in [5.41, 5.74) is 1.19. The van der Waals surface area contributed by atoms with Gasteiger partial charge in [-0.2, -0.15) is 0 Å². The number of aromatic nitrogens is 1. The first-order chi connectivity index (χ1) is 14.8. The molecule has 0 bridgehead atoms. The van der Waals surface area contributed by atoms with Crippen molar-refractivity contribution < 1.29 is 18.0 Å². The highest BCUT2D eigenvalue weighted by Crippen LogP contribution is 2.34. The molecule has 172 valence electrons. The number of nitrogens with one attached hydrogen (secondary N) is 1. The second kappa shape index (κ2) is 8.20. The van der Waals surface area contributed by atoms with Crippen LogP contribution in [0.3, 0.4) is 0 Å². The van der Waals surface area contributed by atoms with E-state index in [2.05, 4.69) is 30.5 Å². The molecule has 32 heavy (non-hydrogen) atoms. The third kappa shape index (κ3) is 4.62. The molecule has 0 aliphatic carbocycles. The van der Waals surface area contributed by atoms with Crippen molar-refractivity contribution in [3.8, 4) is 0 Å². The first-order valence-corrected chi connectivity index (χ1v) is 12.1. The summed E-state index contributed by atoms with van der Waals surface area (Å²) in [4.78, 5) is 33.2. The van der Waals surface area contributed by atoms with E-state index in [1.807, 2.05) is 12.1 Å². The number of sulfonamides is 1. The Hall–Kier alpha value is -2.94. The van der Waals surface area contributed by atoms with Crippen LogP contribution in [-0.2, 0) is 26.8 Å². The number of carbonyl (C=O) groups is 2. The van der Waals surface area contributed by atoms with Crippen LogP contribution in [0.5, 0.6) is 0 Å². The molecule has 1 fully saturated rings. The molecule has 2 heterocycles. The van der Waals surface area contributed by atoms with Gasteiger partial charge in [-0.25, -0.2) is 23.1 Å². The molecule has 3 rings (SSSR count). The van der Waals surface area contributed by atoms with E-state index in [0.717, 1.165) is 5.56 Å². The molecule has 1 aromatic heterocycles. The van der Waals surface area contributed by atoms with Crippen LogP contribution < -0.4 is 9.62 Å². The topological polar surface area (TPSA) is 99.7 Å². The molecule has 0 unspecified atom stereocenters. The summed E-state index contributed by atoms with van der Waals surface area (Å²) in [5, 5.41) is 0. The Morgan fingerprint density at radius 1 is 1.06 bits per heavy atom. The lowest BCUT2D eigenvalue weighted by molar-refractivity contribution is -0.123. The van der Waals surface area contributed by atoms with E-state index in [1.54, 1.807) is 38.1 Å². The maximum absolute atomic E-state index is 13.3. The van der Waals surface area contributed by atoms with E-state index in [4.69, 9.17) is 0 Å². The summed E-state index contributed by atoms with van der Waals surface area (Å²) in [5.74, 6) is -0.213. The molecule has 0 atom stereocenters. The summed E-state index contributed by atoms with van der Waals surface area (Å²) < 4.78 is 26.1. The average Bonchev–Trinajstić information content (AvgIpc) is 2.87. The number of carbonyl (C=O) groups excluding carboxylic acids is 2. The Balaban J connectivity index is 1.87. The molecule has 9 heteroatoms. The molecule has 3 amide bonds. The molecule has 1 saturated heterocycles. The van der Waals surface area contributed by atoms with E-state index >= 15 is 0 Å². The molecule has 8 nitrogen and oxygen atoms in total. The van der Waals surface area contributed by atoms with Gasteiger partial charge in [-0.05, 0) is 61.6 Å². The monoisotopic (exact) mass is 458 g/mol. The van der Waals surface area contributed by atoms with E-state index in [-0.39, 0.29) is 29.4 Å². The fourth-order valence-electron chi connectivity index (χ4n) is 3.48. The van der Waals surface area contributed by atoms with Gasteiger partial charge in [-0.15, -0.1) is 0 Å². The Morgan fingerprint density at radius 3 is 2.25 bits per heavy atom. The van der Waals surface area contributed by atoms with Gasteiger partial charge in [-0.3, -0.25) is 9.52 Å². The lowest BCUT2D eigenvalue weighted by Gasteiger charge is -2.27. The number of nitrogens with zero attached hydrogens (tertiary/aromatic N) is 3. The maximum atomic E-state index is 13.3. The quantitative estimate of drug-likeness (QED) is 0.662. The van der Waals surface area contributed by atoms with Gasteiger partial charge in [0.25, 0.3) is 5.91 Å². The van der Waals surface area contributed by atoms with Crippen LogP contribution in [-0.4, -0.2) is 41.5 Å². The zero-order valence-electron chi connectivity index (χ0n) is 19.3. The number of hydrogen-bond donors (Lipinski definition) is 1. The Labute approximate surface area is 189 Å². The van der Waals surface area contributed by atoms with Gasteiger partial charge in [0.2, 0.25) is 10.0 Å². The molecule has 0 spiro atoms. The van der Waals surface area contributed by atoms with E-state index in [0.29, 0.717) is 11.3 Å². The van der Waals surface area contributed by atoms with Crippen molar-refractivity contribution in [1.29, 1.82) is 0 Å². The highest BCUT2D eigenvalue weighted by atomic mass is 32.2. The van der Waals surface area contributed by atoms with Crippen LogP contribution in [0.25, 0.3) is 0 Å². The lowest BCUT2D eigenvalue weighted by atomic mass is 9.87. The van der Waals surface area contributed by atoms with Crippen LogP contribution >= 0.6 is 0 Å². The summed E-state index contributed by atoms with van der Waals surface area (Å²) in [7, 11) is -3.47. The van der Waals surface area contributed by atoms with Crippen LogP contribution in [0.2, 0.25) is 0 Å². The van der Waals surface area contributed by atoms with Crippen LogP contribution in [0.4, 0.5) is 16.3 Å². The number of rotatable bonds is 6. The molecular formula is C23H30N4O4S. The number of hydrogen-bond acceptors (Lipinski definition) is 5. The molecule has 1 aromatic carbocycles. The predicted octanol–water partition coefficient (Wildman–Crippen LogP) is 3.89. The normalized spacial score (nSPS) is 16.6. The zero-order valence-corrected chi connectivity index (χ0v) is 20.2. The van der Waals surface area contributed by atoms with Crippen LogP contribution in [0, 0.1) is 0 Å². The standard InChI is InChI=1S/C23H30N4O4S/c1-7-32(30,31)25-19-14-16(12-13-24-19)15-26-21(29)27(20(28)23(26,5)6)18-10-8-17(9-11-18)22(2,3)4/h8-14H,7,15H2,1-6H3,(H,24,25). The SMILES string of the molecule is CCS(=O)(=O)Nc1cc(CN2C(=O)N(c3ccc(C(C)(C)C)cc3)C(=O)C2(C)C)ccn1. The molecule has 1 N–H and O–H groups in total. The minimum Gasteiger partial charge on any atom is -0.305 e. The van der Waals surface area contributed by atoms with Crippen molar-refractivity contribution >= 4 is 33.5 Å². The first-order valence-electron chi connectivity index (χ1n) is 10.5. The Morgan fingerprint density at radius 2 is 1.69 bits per heavy atom. The number of benzene rings is 1. The number of imide groups is 1. The first kappa shape index (κ1) is 23.7. The largest absolute Gasteiger partial charge is 0.332 e. The lowest BCUT2D eigenvalue weighted by Crippen LogP contribution is -2.43. The molecule has 1 aliphatic rings. The third-order valence-corrected chi connectivity index (χ3v) is 6.90. The Bertz CT molecular complexity index is 1140. The van der Waals surface area contributed by atoms with Crippen LogP contribution in [0.15, 0.2) is 42.6 Å². The van der Waals surface area contributed by atoms with Gasteiger partial charge in [0.15, 0.2) is 0 Å². The second-order valence-electron chi connectivity index (χ2n) is 9.42. The highest BCUT2D eigenvalue weighted by molar-refractivity contribution is 7.92. The zero-order chi connectivity index (χ0) is 23.9. The summed E-state index contributed by atoms with van der Waals surface area (Å²) in [6.07, 6.45) is 1.47. The minimum absolute atomic E-state index is 0.0405. The van der Waals surface area contributed by atoms with E-state index < -0.39 is 21.6 Å². The van der Waals surface area contributed by atoms with Crippen molar-refractivity contribution in [3.05, 3.63) is 53.7 Å². The number of amides is 3. The molecule has 0 radical (unpaired) electrons. The summed E-state index contributed by atoms with van der Waals surface area (Å²) >= 11 is 0. The summed E-state index contributed by atoms with van der Waals surface area (Å²) in [6, 6.07) is 10.3. The van der Waals surface area contributed by atoms with E-state index in [1.165, 1.54) is 22.9 Å². The highest BCUT2D eigenvalue weighted by Gasteiger charge is 2.51. The van der Waals surface area contributed by atoms with Gasteiger partial charge in [0.1, 0.15) is 11.4 Å². The fourth-order valence-corrected chi connectivity index (χ4v) is 4.06. The van der Waals surface area contributed by atoms with Crippen molar-refractivity contribution in [2.45, 2.75) is 59.0 Å². The van der Waals surface area contributed by atoms with Crippen molar-refractivity contribution in [2.75, 3.05) is 15.4 Å². The average molecular weight is 459 g/mol. The van der Waals surface area contributed by atoms with Gasteiger partial charge in [-0.1, -0.05) is 32.9 Å². The summed E-state index contributed by atoms with van der Waals surface area (Å²) in [6.45, 7) is 11.4. The smallest absolute Gasteiger partial charge is 0.305 e. The fraction of sp³-hybridized carbons (Fsp3) is 0.435. The molecule has 0 saturated carbocycles. The number of urea groups is 1. The van der Waals surface area contributed by atoms with Crippen molar-refractivity contribution in [3.63, 3.8) is 0 Å². The molecular weight excluding hydrogens is 428 g/mol. The molecule has 2 aromatic rings. The third-order valence-electron chi connectivity index (χ3n) is 5.62. The number of pyridine rings is 1. The molecule has 1 aliphatic heterocycles. The van der Waals surface area contributed by atoms with Gasteiger partial charge >= 0.3 is 6.03 Å². The Kier molecular flexibility index (Phi) is 6.08. The van der Waals surface area contributed by atoms with Crippen molar-refractivity contribution in [1.82, 2.24) is 9.88 Å². The van der Waals surface area contributed by atoms with E-state index in [9.17, 15) is 18.0 Å². The van der Waals surface area contributed by atoms with Gasteiger partial charge in [0, 0.05) is 12.7 Å². The van der Waals surface area contributed by atoms with Gasteiger partial charge < -0.3 is 4.90 Å². The minimum atomic E-state index is -3.47. The number of anilines is 2. The predicted molar refractivity (Wildman–Crippen MR) is 125 cm³/mol.